The molecule has 1 fully saturated rings. The fourth-order valence-electron chi connectivity index (χ4n) is 3.06. The lowest BCUT2D eigenvalue weighted by Gasteiger charge is -2.30. The number of hydrogen-bond acceptors (Lipinski definition) is 2. The van der Waals surface area contributed by atoms with Crippen LogP contribution in [-0.2, 0) is 5.60 Å². The molecule has 1 heterocycles. The van der Waals surface area contributed by atoms with Crippen molar-refractivity contribution in [3.8, 4) is 0 Å². The van der Waals surface area contributed by atoms with Crippen molar-refractivity contribution in [1.82, 2.24) is 9.78 Å². The van der Waals surface area contributed by atoms with Gasteiger partial charge in [0.05, 0.1) is 16.4 Å². The summed E-state index contributed by atoms with van der Waals surface area (Å²) in [5, 5.41) is 15.6. The lowest BCUT2D eigenvalue weighted by molar-refractivity contribution is 0.00759. The normalized spacial score (nSPS) is 27.5. The monoisotopic (exact) mass is 328 g/mol. The average Bonchev–Trinajstić information content (AvgIpc) is 2.63. The third-order valence-electron chi connectivity index (χ3n) is 4.34. The molecular formula is C15H25BrN2O. The van der Waals surface area contributed by atoms with E-state index in [-0.39, 0.29) is 6.04 Å². The van der Waals surface area contributed by atoms with Gasteiger partial charge in [-0.05, 0) is 67.3 Å². The van der Waals surface area contributed by atoms with Gasteiger partial charge < -0.3 is 5.11 Å². The molecule has 0 bridgehead atoms. The summed E-state index contributed by atoms with van der Waals surface area (Å²) >= 11 is 3.57. The van der Waals surface area contributed by atoms with Gasteiger partial charge in [-0.3, -0.25) is 4.68 Å². The molecular weight excluding hydrogens is 304 g/mol. The second kappa shape index (κ2) is 5.21. The first-order valence-electron chi connectivity index (χ1n) is 7.21. The van der Waals surface area contributed by atoms with E-state index in [0.717, 1.165) is 35.8 Å². The van der Waals surface area contributed by atoms with Gasteiger partial charge in [0.2, 0.25) is 0 Å². The van der Waals surface area contributed by atoms with Crippen LogP contribution in [0.4, 0.5) is 0 Å². The van der Waals surface area contributed by atoms with Crippen LogP contribution in [0.3, 0.4) is 0 Å². The van der Waals surface area contributed by atoms with Crippen LogP contribution >= 0.6 is 15.9 Å². The van der Waals surface area contributed by atoms with Crippen molar-refractivity contribution in [1.29, 1.82) is 0 Å². The molecule has 0 saturated heterocycles. The van der Waals surface area contributed by atoms with Gasteiger partial charge in [-0.2, -0.15) is 5.10 Å². The minimum absolute atomic E-state index is 0.265. The molecule has 4 heteroatoms. The van der Waals surface area contributed by atoms with Crippen LogP contribution in [0.5, 0.6) is 0 Å². The molecule has 0 aliphatic heterocycles. The summed E-state index contributed by atoms with van der Waals surface area (Å²) < 4.78 is 2.89. The van der Waals surface area contributed by atoms with E-state index >= 15 is 0 Å². The predicted molar refractivity (Wildman–Crippen MR) is 81.1 cm³/mol. The summed E-state index contributed by atoms with van der Waals surface area (Å²) in [5.41, 5.74) is 0.549. The zero-order chi connectivity index (χ0) is 14.3. The maximum absolute atomic E-state index is 11.2. The molecule has 0 spiro atoms. The summed E-state index contributed by atoms with van der Waals surface area (Å²) in [5.74, 6) is 0. The summed E-state index contributed by atoms with van der Waals surface area (Å²) in [7, 11) is 0. The first-order valence-corrected chi connectivity index (χ1v) is 8.00. The molecule has 1 aromatic rings. The van der Waals surface area contributed by atoms with Crippen LogP contribution < -0.4 is 0 Å². The third kappa shape index (κ3) is 3.05. The van der Waals surface area contributed by atoms with Crippen molar-refractivity contribution in [2.45, 2.75) is 71.4 Å². The van der Waals surface area contributed by atoms with E-state index in [4.69, 9.17) is 0 Å². The number of halogens is 1. The van der Waals surface area contributed by atoms with Crippen LogP contribution in [0.1, 0.15) is 71.5 Å². The quantitative estimate of drug-likeness (QED) is 0.817. The SMILES string of the molecule is CC(C)n1ncc(Br)c1C1(O)CCCC(C)(C)CC1. The highest BCUT2D eigenvalue weighted by Crippen LogP contribution is 2.44. The van der Waals surface area contributed by atoms with Gasteiger partial charge in [-0.1, -0.05) is 13.8 Å². The van der Waals surface area contributed by atoms with Crippen molar-refractivity contribution in [3.63, 3.8) is 0 Å². The highest BCUT2D eigenvalue weighted by atomic mass is 79.9. The van der Waals surface area contributed by atoms with E-state index < -0.39 is 5.60 Å². The molecule has 1 unspecified atom stereocenters. The molecule has 108 valence electrons. The van der Waals surface area contributed by atoms with Crippen molar-refractivity contribution >= 4 is 15.9 Å². The molecule has 1 aromatic heterocycles. The van der Waals surface area contributed by atoms with E-state index in [1.165, 1.54) is 6.42 Å². The standard InChI is InChI=1S/C15H25BrN2O/c1-11(2)18-13(12(16)10-17-18)15(19)7-5-6-14(3,4)8-9-15/h10-11,19H,5-9H2,1-4H3. The lowest BCUT2D eigenvalue weighted by Crippen LogP contribution is -2.30. The van der Waals surface area contributed by atoms with Gasteiger partial charge in [0.15, 0.2) is 0 Å². The Hall–Kier alpha value is -0.350. The largest absolute Gasteiger partial charge is 0.384 e. The zero-order valence-electron chi connectivity index (χ0n) is 12.4. The van der Waals surface area contributed by atoms with E-state index in [1.807, 2.05) is 10.9 Å². The Labute approximate surface area is 124 Å². The fourth-order valence-corrected chi connectivity index (χ4v) is 3.70. The van der Waals surface area contributed by atoms with Gasteiger partial charge in [-0.25, -0.2) is 0 Å². The van der Waals surface area contributed by atoms with Crippen LogP contribution in [0, 0.1) is 5.41 Å². The molecule has 1 aliphatic carbocycles. The topological polar surface area (TPSA) is 38.0 Å². The van der Waals surface area contributed by atoms with Gasteiger partial charge in [0, 0.05) is 6.04 Å². The maximum Gasteiger partial charge on any atom is 0.107 e. The smallest absolute Gasteiger partial charge is 0.107 e. The Bertz CT molecular complexity index is 453. The first kappa shape index (κ1) is 15.0. The summed E-state index contributed by atoms with van der Waals surface area (Å²) in [6.45, 7) is 8.81. The van der Waals surface area contributed by atoms with Crippen molar-refractivity contribution in [3.05, 3.63) is 16.4 Å². The van der Waals surface area contributed by atoms with Crippen LogP contribution in [0.2, 0.25) is 0 Å². The van der Waals surface area contributed by atoms with Gasteiger partial charge >= 0.3 is 0 Å². The minimum Gasteiger partial charge on any atom is -0.384 e. The molecule has 1 N–H and O–H groups in total. The molecule has 3 nitrogen and oxygen atoms in total. The number of nitrogens with zero attached hydrogens (tertiary/aromatic N) is 2. The second-order valence-electron chi connectivity index (χ2n) is 6.93. The summed E-state index contributed by atoms with van der Waals surface area (Å²) in [6, 6.07) is 0.265. The summed E-state index contributed by atoms with van der Waals surface area (Å²) in [6.07, 6.45) is 6.76. The Morgan fingerprint density at radius 1 is 1.26 bits per heavy atom. The number of aliphatic hydroxyl groups is 1. The Morgan fingerprint density at radius 3 is 2.58 bits per heavy atom. The second-order valence-corrected chi connectivity index (χ2v) is 7.78. The van der Waals surface area contributed by atoms with E-state index in [9.17, 15) is 5.11 Å². The Morgan fingerprint density at radius 2 is 1.95 bits per heavy atom. The van der Waals surface area contributed by atoms with Crippen molar-refractivity contribution in [2.75, 3.05) is 0 Å². The van der Waals surface area contributed by atoms with Crippen LogP contribution in [0.15, 0.2) is 10.7 Å². The molecule has 2 rings (SSSR count). The van der Waals surface area contributed by atoms with Gasteiger partial charge in [0.1, 0.15) is 5.60 Å². The Balaban J connectivity index is 2.37. The average molecular weight is 329 g/mol. The zero-order valence-corrected chi connectivity index (χ0v) is 14.0. The molecule has 0 radical (unpaired) electrons. The molecule has 1 atom stereocenters. The number of hydrogen-bond donors (Lipinski definition) is 1. The van der Waals surface area contributed by atoms with Gasteiger partial charge in [-0.15, -0.1) is 0 Å². The molecule has 0 amide bonds. The van der Waals surface area contributed by atoms with E-state index in [1.54, 1.807) is 0 Å². The molecule has 1 aliphatic rings. The number of rotatable bonds is 2. The van der Waals surface area contributed by atoms with Crippen LogP contribution in [0.25, 0.3) is 0 Å². The highest BCUT2D eigenvalue weighted by Gasteiger charge is 2.39. The van der Waals surface area contributed by atoms with Crippen LogP contribution in [-0.4, -0.2) is 14.9 Å². The Kier molecular flexibility index (Phi) is 4.12. The fraction of sp³-hybridized carbons (Fsp3) is 0.800. The maximum atomic E-state index is 11.2. The number of aromatic nitrogens is 2. The minimum atomic E-state index is -0.743. The van der Waals surface area contributed by atoms with E-state index in [2.05, 4.69) is 48.7 Å². The molecule has 1 saturated carbocycles. The van der Waals surface area contributed by atoms with Crippen molar-refractivity contribution < 1.29 is 5.11 Å². The molecule has 19 heavy (non-hydrogen) atoms. The summed E-state index contributed by atoms with van der Waals surface area (Å²) in [4.78, 5) is 0. The first-order chi connectivity index (χ1) is 8.75. The highest BCUT2D eigenvalue weighted by molar-refractivity contribution is 9.10. The lowest BCUT2D eigenvalue weighted by atomic mass is 9.83. The van der Waals surface area contributed by atoms with E-state index in [0.29, 0.717) is 5.41 Å². The van der Waals surface area contributed by atoms with Gasteiger partial charge in [0.25, 0.3) is 0 Å². The third-order valence-corrected chi connectivity index (χ3v) is 4.92. The van der Waals surface area contributed by atoms with Crippen molar-refractivity contribution in [2.24, 2.45) is 5.41 Å². The molecule has 0 aromatic carbocycles. The predicted octanol–water partition coefficient (Wildman–Crippen LogP) is 4.40.